The minimum absolute atomic E-state index is 0.173. The summed E-state index contributed by atoms with van der Waals surface area (Å²) >= 11 is 6.11. The molecule has 0 amide bonds. The summed E-state index contributed by atoms with van der Waals surface area (Å²) in [5.41, 5.74) is 0.364. The monoisotopic (exact) mass is 378 g/mol. The van der Waals surface area contributed by atoms with Crippen molar-refractivity contribution in [1.29, 1.82) is 0 Å². The lowest BCUT2D eigenvalue weighted by Crippen LogP contribution is -2.08. The van der Waals surface area contributed by atoms with Gasteiger partial charge >= 0.3 is 6.18 Å². The Morgan fingerprint density at radius 1 is 1.08 bits per heavy atom. The lowest BCUT2D eigenvalue weighted by molar-refractivity contribution is -0.137. The molecule has 0 fully saturated rings. The zero-order chi connectivity index (χ0) is 18.6. The average molecular weight is 379 g/mol. The molecule has 0 aliphatic carbocycles. The Morgan fingerprint density at radius 3 is 2.65 bits per heavy atom. The molecule has 1 aromatic carbocycles. The Balaban J connectivity index is 1.72. The molecule has 0 saturated carbocycles. The van der Waals surface area contributed by atoms with Crippen LogP contribution in [0.15, 0.2) is 55.0 Å². The highest BCUT2D eigenvalue weighted by atomic mass is 35.5. The third-order valence-electron chi connectivity index (χ3n) is 3.64. The van der Waals surface area contributed by atoms with Gasteiger partial charge in [-0.05, 0) is 30.2 Å². The van der Waals surface area contributed by atoms with Gasteiger partial charge in [-0.25, -0.2) is 9.97 Å². The Labute approximate surface area is 153 Å². The summed E-state index contributed by atoms with van der Waals surface area (Å²) in [6.45, 7) is 0.570. The number of alkyl halides is 3. The van der Waals surface area contributed by atoms with E-state index in [1.807, 2.05) is 24.3 Å². The van der Waals surface area contributed by atoms with Crippen LogP contribution in [-0.4, -0.2) is 21.5 Å². The predicted molar refractivity (Wildman–Crippen MR) is 93.9 cm³/mol. The van der Waals surface area contributed by atoms with Gasteiger partial charge < -0.3 is 5.32 Å². The first-order chi connectivity index (χ1) is 12.4. The Morgan fingerprint density at radius 2 is 1.88 bits per heavy atom. The molecule has 8 heteroatoms. The molecule has 134 valence electrons. The van der Waals surface area contributed by atoms with E-state index in [0.29, 0.717) is 23.8 Å². The van der Waals surface area contributed by atoms with Crippen molar-refractivity contribution in [3.8, 4) is 11.4 Å². The van der Waals surface area contributed by atoms with Crippen molar-refractivity contribution in [3.63, 3.8) is 0 Å². The maximum Gasteiger partial charge on any atom is 0.417 e. The zero-order valence-electron chi connectivity index (χ0n) is 13.5. The zero-order valence-corrected chi connectivity index (χ0v) is 14.2. The molecule has 3 aromatic rings. The molecule has 0 atom stereocenters. The predicted octanol–water partition coefficient (Wildman–Crippen LogP) is 4.87. The van der Waals surface area contributed by atoms with E-state index in [2.05, 4.69) is 20.3 Å². The second kappa shape index (κ2) is 7.70. The van der Waals surface area contributed by atoms with E-state index in [1.54, 1.807) is 6.07 Å². The number of anilines is 1. The van der Waals surface area contributed by atoms with Crippen LogP contribution in [0.1, 0.15) is 11.1 Å². The van der Waals surface area contributed by atoms with Gasteiger partial charge in [-0.15, -0.1) is 0 Å². The number of nitrogens with one attached hydrogen (secondary N) is 1. The van der Waals surface area contributed by atoms with Crippen molar-refractivity contribution < 1.29 is 13.2 Å². The topological polar surface area (TPSA) is 50.7 Å². The summed E-state index contributed by atoms with van der Waals surface area (Å²) in [7, 11) is 0. The molecular weight excluding hydrogens is 365 g/mol. The van der Waals surface area contributed by atoms with Crippen LogP contribution >= 0.6 is 11.6 Å². The first kappa shape index (κ1) is 18.1. The molecule has 0 radical (unpaired) electrons. The summed E-state index contributed by atoms with van der Waals surface area (Å²) in [4.78, 5) is 11.9. The van der Waals surface area contributed by atoms with Crippen molar-refractivity contribution in [2.24, 2.45) is 0 Å². The molecule has 0 bridgehead atoms. The van der Waals surface area contributed by atoms with Gasteiger partial charge in [0.2, 0.25) is 0 Å². The molecular formula is C18H14ClF3N4. The molecule has 0 spiro atoms. The third-order valence-corrected chi connectivity index (χ3v) is 4.01. The highest BCUT2D eigenvalue weighted by molar-refractivity contribution is 6.31. The molecule has 2 aromatic heterocycles. The lowest BCUT2D eigenvalue weighted by Gasteiger charge is -2.09. The number of aromatic nitrogens is 3. The summed E-state index contributed by atoms with van der Waals surface area (Å²) in [6.07, 6.45) is -0.217. The van der Waals surface area contributed by atoms with E-state index in [4.69, 9.17) is 11.6 Å². The summed E-state index contributed by atoms with van der Waals surface area (Å²) in [5.74, 6) is 0.686. The molecule has 3 rings (SSSR count). The van der Waals surface area contributed by atoms with Crippen LogP contribution in [-0.2, 0) is 12.6 Å². The van der Waals surface area contributed by atoms with Crippen molar-refractivity contribution in [1.82, 2.24) is 15.0 Å². The Kier molecular flexibility index (Phi) is 5.37. The summed E-state index contributed by atoms with van der Waals surface area (Å²) < 4.78 is 38.5. The minimum atomic E-state index is -4.46. The van der Waals surface area contributed by atoms with Crippen molar-refractivity contribution >= 4 is 17.4 Å². The van der Waals surface area contributed by atoms with Gasteiger partial charge in [-0.1, -0.05) is 29.8 Å². The van der Waals surface area contributed by atoms with E-state index in [-0.39, 0.29) is 11.4 Å². The molecule has 0 saturated heterocycles. The number of pyridine rings is 1. The number of rotatable bonds is 5. The highest BCUT2D eigenvalue weighted by Crippen LogP contribution is 2.30. The molecule has 0 unspecified atom stereocenters. The van der Waals surface area contributed by atoms with Crippen LogP contribution in [0, 0.1) is 0 Å². The smallest absolute Gasteiger partial charge is 0.370 e. The standard InChI is InChI=1S/C18H14ClF3N4/c19-15-4-2-1-3-12(15)5-7-24-16-6-8-25-17(26-16)13-9-14(11-23-10-13)18(20,21)22/h1-4,6,8-11H,5,7H2,(H,24,25,26). The number of hydrogen-bond acceptors (Lipinski definition) is 4. The third kappa shape index (κ3) is 4.49. The summed E-state index contributed by atoms with van der Waals surface area (Å²) in [6, 6.07) is 10.2. The van der Waals surface area contributed by atoms with Crippen molar-refractivity contribution in [2.45, 2.75) is 12.6 Å². The fourth-order valence-corrected chi connectivity index (χ4v) is 2.57. The molecule has 4 nitrogen and oxygen atoms in total. The Hall–Kier alpha value is -2.67. The second-order valence-electron chi connectivity index (χ2n) is 5.49. The van der Waals surface area contributed by atoms with Crippen molar-refractivity contribution in [2.75, 3.05) is 11.9 Å². The SMILES string of the molecule is FC(F)(F)c1cncc(-c2nccc(NCCc3ccccc3Cl)n2)c1. The van der Waals surface area contributed by atoms with E-state index in [9.17, 15) is 13.2 Å². The number of nitrogens with zero attached hydrogens (tertiary/aromatic N) is 3. The van der Waals surface area contributed by atoms with E-state index >= 15 is 0 Å². The quantitative estimate of drug-likeness (QED) is 0.688. The highest BCUT2D eigenvalue weighted by Gasteiger charge is 2.31. The van der Waals surface area contributed by atoms with E-state index in [0.717, 1.165) is 17.8 Å². The van der Waals surface area contributed by atoms with Gasteiger partial charge in [0.25, 0.3) is 0 Å². The van der Waals surface area contributed by atoms with E-state index < -0.39 is 11.7 Å². The number of hydrogen-bond donors (Lipinski definition) is 1. The van der Waals surface area contributed by atoms with Gasteiger partial charge in [-0.3, -0.25) is 4.98 Å². The number of benzene rings is 1. The van der Waals surface area contributed by atoms with Crippen molar-refractivity contribution in [3.05, 3.63) is 71.1 Å². The molecule has 1 N–H and O–H groups in total. The minimum Gasteiger partial charge on any atom is -0.370 e. The fraction of sp³-hybridized carbons (Fsp3) is 0.167. The first-order valence-electron chi connectivity index (χ1n) is 7.76. The average Bonchev–Trinajstić information content (AvgIpc) is 2.63. The molecule has 0 aliphatic heterocycles. The van der Waals surface area contributed by atoms with Gasteiger partial charge in [0, 0.05) is 35.7 Å². The van der Waals surface area contributed by atoms with Crippen LogP contribution < -0.4 is 5.32 Å². The number of halogens is 4. The van der Waals surface area contributed by atoms with Crippen LogP contribution in [0.4, 0.5) is 19.0 Å². The first-order valence-corrected chi connectivity index (χ1v) is 8.14. The van der Waals surface area contributed by atoms with Gasteiger partial charge in [-0.2, -0.15) is 13.2 Å². The Bertz CT molecular complexity index is 899. The normalized spacial score (nSPS) is 11.4. The maximum absolute atomic E-state index is 12.8. The maximum atomic E-state index is 12.8. The van der Waals surface area contributed by atoms with Crippen LogP contribution in [0.3, 0.4) is 0 Å². The van der Waals surface area contributed by atoms with E-state index in [1.165, 1.54) is 12.4 Å². The second-order valence-corrected chi connectivity index (χ2v) is 5.90. The lowest BCUT2D eigenvalue weighted by atomic mass is 10.1. The molecule has 2 heterocycles. The van der Waals surface area contributed by atoms with Gasteiger partial charge in [0.1, 0.15) is 5.82 Å². The van der Waals surface area contributed by atoms with Crippen LogP contribution in [0.5, 0.6) is 0 Å². The largest absolute Gasteiger partial charge is 0.417 e. The molecule has 0 aliphatic rings. The van der Waals surface area contributed by atoms with Crippen LogP contribution in [0.2, 0.25) is 5.02 Å². The molecule has 26 heavy (non-hydrogen) atoms. The van der Waals surface area contributed by atoms with Crippen LogP contribution in [0.25, 0.3) is 11.4 Å². The summed E-state index contributed by atoms with van der Waals surface area (Å²) in [5, 5.41) is 3.81. The van der Waals surface area contributed by atoms with Gasteiger partial charge in [0.15, 0.2) is 5.82 Å². The fourth-order valence-electron chi connectivity index (χ4n) is 2.34. The van der Waals surface area contributed by atoms with Gasteiger partial charge in [0.05, 0.1) is 5.56 Å².